The molecule has 0 saturated carbocycles. The number of hydrogen-bond acceptors (Lipinski definition) is 1. The number of nitrogens with zero attached hydrogens (tertiary/aromatic N) is 1. The van der Waals surface area contributed by atoms with Gasteiger partial charge in [-0.2, -0.15) is 0 Å². The predicted molar refractivity (Wildman–Crippen MR) is 90.9 cm³/mol. The van der Waals surface area contributed by atoms with Crippen molar-refractivity contribution in [3.8, 4) is 0 Å². The van der Waals surface area contributed by atoms with Gasteiger partial charge in [-0.3, -0.25) is 0 Å². The fourth-order valence-corrected chi connectivity index (χ4v) is 2.67. The molecule has 0 spiro atoms. The molecule has 1 heterocycles. The van der Waals surface area contributed by atoms with Gasteiger partial charge in [-0.25, -0.2) is 13.8 Å². The second-order valence-electron chi connectivity index (χ2n) is 5.16. The van der Waals surface area contributed by atoms with E-state index >= 15 is 0 Å². The monoisotopic (exact) mass is 329 g/mol. The molecule has 3 rings (SSSR count). The lowest BCUT2D eigenvalue weighted by Crippen LogP contribution is -2.04. The van der Waals surface area contributed by atoms with Gasteiger partial charge in [0.2, 0.25) is 0 Å². The van der Waals surface area contributed by atoms with Gasteiger partial charge in [0.15, 0.2) is 11.7 Å². The van der Waals surface area contributed by atoms with Gasteiger partial charge in [0.1, 0.15) is 5.70 Å². The molecule has 116 valence electrons. The van der Waals surface area contributed by atoms with Crippen molar-refractivity contribution in [1.29, 1.82) is 0 Å². The quantitative estimate of drug-likeness (QED) is 0.630. The summed E-state index contributed by atoms with van der Waals surface area (Å²) in [4.78, 5) is 4.42. The van der Waals surface area contributed by atoms with Gasteiger partial charge in [-0.05, 0) is 30.5 Å². The zero-order valence-electron chi connectivity index (χ0n) is 12.3. The summed E-state index contributed by atoms with van der Waals surface area (Å²) < 4.78 is 28.4. The van der Waals surface area contributed by atoms with Crippen molar-refractivity contribution in [2.45, 2.75) is 12.8 Å². The molecule has 0 fully saturated rings. The minimum Gasteiger partial charge on any atom is -0.249 e. The Kier molecular flexibility index (Phi) is 4.68. The van der Waals surface area contributed by atoms with Crippen molar-refractivity contribution in [3.63, 3.8) is 0 Å². The highest BCUT2D eigenvalue weighted by Crippen LogP contribution is 2.33. The third-order valence-corrected chi connectivity index (χ3v) is 3.93. The van der Waals surface area contributed by atoms with E-state index in [0.717, 1.165) is 5.56 Å². The maximum Gasteiger partial charge on any atom is 0.184 e. The first-order valence-electron chi connectivity index (χ1n) is 7.30. The van der Waals surface area contributed by atoms with Gasteiger partial charge in [0.25, 0.3) is 0 Å². The van der Waals surface area contributed by atoms with Crippen LogP contribution in [0.3, 0.4) is 0 Å². The molecule has 2 aromatic carbocycles. The summed E-state index contributed by atoms with van der Waals surface area (Å²) in [6.07, 6.45) is 2.17. The summed E-state index contributed by atoms with van der Waals surface area (Å²) in [5, 5.41) is 0.335. The summed E-state index contributed by atoms with van der Waals surface area (Å²) in [5.41, 5.74) is 1.91. The molecule has 0 atom stereocenters. The molecular formula is C19H14ClF2N. The Labute approximate surface area is 138 Å². The highest BCUT2D eigenvalue weighted by molar-refractivity contribution is 6.32. The Balaban J connectivity index is 2.19. The average molecular weight is 330 g/mol. The van der Waals surface area contributed by atoms with Crippen LogP contribution in [0.5, 0.6) is 0 Å². The maximum atomic E-state index is 14.5. The molecule has 4 heteroatoms. The molecule has 0 bridgehead atoms. The molecule has 1 aliphatic heterocycles. The van der Waals surface area contributed by atoms with E-state index in [1.165, 1.54) is 6.08 Å². The Morgan fingerprint density at radius 3 is 2.35 bits per heavy atom. The smallest absolute Gasteiger partial charge is 0.184 e. The third-order valence-electron chi connectivity index (χ3n) is 3.61. The van der Waals surface area contributed by atoms with Gasteiger partial charge in [0, 0.05) is 11.3 Å². The number of benzene rings is 2. The Morgan fingerprint density at radius 2 is 1.61 bits per heavy atom. The van der Waals surface area contributed by atoms with E-state index in [1.807, 2.05) is 30.3 Å². The van der Waals surface area contributed by atoms with Crippen molar-refractivity contribution in [3.05, 3.63) is 88.5 Å². The van der Waals surface area contributed by atoms with Gasteiger partial charge < -0.3 is 0 Å². The minimum absolute atomic E-state index is 0.0668. The van der Waals surface area contributed by atoms with Crippen LogP contribution in [0, 0.1) is 0 Å². The molecule has 1 nitrogen and oxygen atoms in total. The van der Waals surface area contributed by atoms with Gasteiger partial charge in [0.05, 0.1) is 5.02 Å². The molecule has 2 aromatic rings. The molecule has 0 N–H and O–H groups in total. The largest absolute Gasteiger partial charge is 0.249 e. The molecule has 0 saturated heterocycles. The topological polar surface area (TPSA) is 12.4 Å². The van der Waals surface area contributed by atoms with E-state index in [1.54, 1.807) is 24.3 Å². The Bertz CT molecular complexity index is 807. The summed E-state index contributed by atoms with van der Waals surface area (Å²) in [6, 6.07) is 16.2. The molecular weight excluding hydrogens is 316 g/mol. The van der Waals surface area contributed by atoms with Crippen molar-refractivity contribution in [1.82, 2.24) is 0 Å². The lowest BCUT2D eigenvalue weighted by atomic mass is 10.0. The van der Waals surface area contributed by atoms with Crippen LogP contribution in [0.2, 0.25) is 5.02 Å². The predicted octanol–water partition coefficient (Wildman–Crippen LogP) is 6.11. The molecule has 0 amide bonds. The zero-order chi connectivity index (χ0) is 16.2. The highest BCUT2D eigenvalue weighted by atomic mass is 35.5. The summed E-state index contributed by atoms with van der Waals surface area (Å²) in [6.45, 7) is 0. The van der Waals surface area contributed by atoms with Crippen LogP contribution in [-0.2, 0) is 0 Å². The first-order valence-corrected chi connectivity index (χ1v) is 7.68. The van der Waals surface area contributed by atoms with Crippen LogP contribution in [0.4, 0.5) is 8.78 Å². The van der Waals surface area contributed by atoms with E-state index in [0.29, 0.717) is 29.1 Å². The molecule has 0 radical (unpaired) electrons. The molecule has 0 aliphatic carbocycles. The van der Waals surface area contributed by atoms with Crippen LogP contribution < -0.4 is 0 Å². The number of hydrogen-bond donors (Lipinski definition) is 0. The summed E-state index contributed by atoms with van der Waals surface area (Å²) >= 11 is 6.15. The average Bonchev–Trinajstić information content (AvgIpc) is 2.57. The standard InChI is InChI=1S/C19H14ClF2N/c20-15-10-5-4-9-14(15)19-18(22)16(21)11-6-12-17(23-19)13-7-2-1-3-8-13/h1-5,7-11H,6,12H2/b16-11+,19-18+,23-17?. The molecule has 0 unspecified atom stereocenters. The van der Waals surface area contributed by atoms with E-state index in [4.69, 9.17) is 11.6 Å². The van der Waals surface area contributed by atoms with Crippen molar-refractivity contribution < 1.29 is 8.78 Å². The van der Waals surface area contributed by atoms with Crippen molar-refractivity contribution >= 4 is 23.0 Å². The van der Waals surface area contributed by atoms with Crippen LogP contribution in [0.15, 0.2) is 77.3 Å². The fourth-order valence-electron chi connectivity index (χ4n) is 2.45. The third kappa shape index (κ3) is 3.40. The normalized spacial score (nSPS) is 21.0. The fraction of sp³-hybridized carbons (Fsp3) is 0.105. The number of allylic oxidation sites excluding steroid dienone is 3. The van der Waals surface area contributed by atoms with Crippen LogP contribution in [0.25, 0.3) is 5.70 Å². The van der Waals surface area contributed by atoms with Crippen LogP contribution in [0.1, 0.15) is 24.0 Å². The molecule has 23 heavy (non-hydrogen) atoms. The zero-order valence-corrected chi connectivity index (χ0v) is 13.0. The maximum absolute atomic E-state index is 14.5. The van der Waals surface area contributed by atoms with Crippen molar-refractivity contribution in [2.75, 3.05) is 0 Å². The number of aliphatic imine (C=N–C) groups is 1. The molecule has 0 aromatic heterocycles. The minimum atomic E-state index is -0.980. The lowest BCUT2D eigenvalue weighted by Gasteiger charge is -2.13. The van der Waals surface area contributed by atoms with Gasteiger partial charge in [-0.1, -0.05) is 60.1 Å². The second-order valence-corrected chi connectivity index (χ2v) is 5.56. The van der Waals surface area contributed by atoms with E-state index in [2.05, 4.69) is 4.99 Å². The first kappa shape index (κ1) is 15.6. The summed E-state index contributed by atoms with van der Waals surface area (Å²) in [5.74, 6) is -1.87. The number of rotatable bonds is 2. The van der Waals surface area contributed by atoms with Gasteiger partial charge >= 0.3 is 0 Å². The Morgan fingerprint density at radius 1 is 0.913 bits per heavy atom. The highest BCUT2D eigenvalue weighted by Gasteiger charge is 2.19. The SMILES string of the molecule is FC1=C/CCC(c2ccccc2)=N/C(c2ccccc2Cl)=C\1F. The Hall–Kier alpha value is -2.26. The second kappa shape index (κ2) is 6.88. The summed E-state index contributed by atoms with van der Waals surface area (Å²) in [7, 11) is 0. The van der Waals surface area contributed by atoms with E-state index in [9.17, 15) is 8.78 Å². The van der Waals surface area contributed by atoms with Crippen molar-refractivity contribution in [2.24, 2.45) is 4.99 Å². The first-order chi connectivity index (χ1) is 11.2. The lowest BCUT2D eigenvalue weighted by molar-refractivity contribution is 0.542. The number of halogens is 3. The van der Waals surface area contributed by atoms with Crippen LogP contribution in [-0.4, -0.2) is 5.71 Å². The van der Waals surface area contributed by atoms with E-state index < -0.39 is 11.7 Å². The van der Waals surface area contributed by atoms with E-state index in [-0.39, 0.29) is 5.70 Å². The van der Waals surface area contributed by atoms with Crippen LogP contribution >= 0.6 is 11.6 Å². The van der Waals surface area contributed by atoms with Gasteiger partial charge in [-0.15, -0.1) is 0 Å². The molecule has 1 aliphatic rings.